The summed E-state index contributed by atoms with van der Waals surface area (Å²) >= 11 is 6.15. The van der Waals surface area contributed by atoms with Gasteiger partial charge >= 0.3 is 0 Å². The van der Waals surface area contributed by atoms with Gasteiger partial charge < -0.3 is 9.88 Å². The van der Waals surface area contributed by atoms with Crippen LogP contribution in [-0.2, 0) is 11.3 Å². The first-order chi connectivity index (χ1) is 13.6. The predicted octanol–water partition coefficient (Wildman–Crippen LogP) is 5.25. The van der Waals surface area contributed by atoms with Crippen LogP contribution in [-0.4, -0.2) is 31.4 Å². The molecule has 0 spiro atoms. The van der Waals surface area contributed by atoms with Gasteiger partial charge in [-0.3, -0.25) is 4.79 Å². The van der Waals surface area contributed by atoms with E-state index in [4.69, 9.17) is 0 Å². The maximum Gasteiger partial charge on any atom is 0.236 e. The summed E-state index contributed by atoms with van der Waals surface area (Å²) in [6.45, 7) is 4.87. The van der Waals surface area contributed by atoms with E-state index >= 15 is 0 Å². The van der Waals surface area contributed by atoms with Crippen molar-refractivity contribution in [1.82, 2.24) is 19.7 Å². The topological polar surface area (TPSA) is 72.7 Å². The molecule has 0 unspecified atom stereocenters. The van der Waals surface area contributed by atoms with E-state index in [1.165, 1.54) is 28.0 Å². The zero-order valence-electron chi connectivity index (χ0n) is 15.2. The van der Waals surface area contributed by atoms with Gasteiger partial charge in [-0.05, 0) is 37.4 Å². The molecular formula is C18H17N5OS4. The summed E-state index contributed by atoms with van der Waals surface area (Å²) in [5.74, 6) is 1.00. The fourth-order valence-corrected chi connectivity index (χ4v) is 5.72. The lowest BCUT2D eigenvalue weighted by Crippen LogP contribution is -2.14. The van der Waals surface area contributed by atoms with Gasteiger partial charge in [0.1, 0.15) is 0 Å². The minimum atomic E-state index is -0.100. The number of aromatic nitrogens is 4. The number of nitrogens with one attached hydrogen (secondary N) is 1. The summed E-state index contributed by atoms with van der Waals surface area (Å²) in [4.78, 5) is 20.3. The number of hydrogen-bond acceptors (Lipinski definition) is 8. The molecule has 4 rings (SSSR count). The largest absolute Gasteiger partial charge is 0.302 e. The molecule has 0 aliphatic carbocycles. The minimum Gasteiger partial charge on any atom is -0.302 e. The average molecular weight is 448 g/mol. The van der Waals surface area contributed by atoms with E-state index in [-0.39, 0.29) is 11.7 Å². The van der Waals surface area contributed by atoms with Crippen LogP contribution >= 0.6 is 45.8 Å². The van der Waals surface area contributed by atoms with Crippen molar-refractivity contribution in [2.24, 2.45) is 0 Å². The van der Waals surface area contributed by atoms with Gasteiger partial charge in [-0.15, -0.1) is 44.2 Å². The van der Waals surface area contributed by atoms with Crippen LogP contribution in [0.1, 0.15) is 11.8 Å². The van der Waals surface area contributed by atoms with E-state index in [0.29, 0.717) is 5.13 Å². The molecule has 28 heavy (non-hydrogen) atoms. The quantitative estimate of drug-likeness (QED) is 0.392. The summed E-state index contributed by atoms with van der Waals surface area (Å²) in [6, 6.07) is 8.15. The van der Waals surface area contributed by atoms with Gasteiger partial charge in [0.2, 0.25) is 5.91 Å². The van der Waals surface area contributed by atoms with Gasteiger partial charge in [0.15, 0.2) is 16.1 Å². The standard InChI is InChI=1S/C18H17N5OS4/c1-3-23-16(14-5-4-8-25-14)21-22-18(23)27-10-15(24)20-17-19-12(9-26-17)13-7-6-11(2)28-13/h4-9H,3,10H2,1-2H3,(H,19,20,24). The second kappa shape index (κ2) is 8.56. The van der Waals surface area contributed by atoms with Gasteiger partial charge in [-0.1, -0.05) is 17.8 Å². The monoisotopic (exact) mass is 447 g/mol. The Hall–Kier alpha value is -2.01. The number of carbonyl (C=O) groups is 1. The molecule has 10 heteroatoms. The first-order valence-electron chi connectivity index (χ1n) is 8.56. The molecule has 0 aromatic carbocycles. The van der Waals surface area contributed by atoms with Crippen LogP contribution in [0.25, 0.3) is 21.3 Å². The first kappa shape index (κ1) is 19.3. The molecule has 0 fully saturated rings. The first-order valence-corrected chi connectivity index (χ1v) is 12.1. The third-order valence-electron chi connectivity index (χ3n) is 3.85. The maximum atomic E-state index is 12.4. The third-order valence-corrected chi connectivity index (χ3v) is 7.46. The highest BCUT2D eigenvalue weighted by molar-refractivity contribution is 7.99. The molecule has 0 radical (unpaired) electrons. The molecule has 0 saturated carbocycles. The van der Waals surface area contributed by atoms with E-state index in [0.717, 1.165) is 33.0 Å². The highest BCUT2D eigenvalue weighted by atomic mass is 32.2. The molecule has 4 aromatic rings. The molecule has 4 aromatic heterocycles. The lowest BCUT2D eigenvalue weighted by atomic mass is 10.4. The molecule has 0 saturated heterocycles. The van der Waals surface area contributed by atoms with Crippen molar-refractivity contribution in [2.45, 2.75) is 25.5 Å². The van der Waals surface area contributed by atoms with E-state index in [1.54, 1.807) is 22.7 Å². The third kappa shape index (κ3) is 4.19. The average Bonchev–Trinajstić information content (AvgIpc) is 3.45. The number of nitrogens with zero attached hydrogens (tertiary/aromatic N) is 4. The molecule has 144 valence electrons. The van der Waals surface area contributed by atoms with E-state index < -0.39 is 0 Å². The number of rotatable bonds is 7. The fourth-order valence-electron chi connectivity index (χ4n) is 2.57. The van der Waals surface area contributed by atoms with Crippen LogP contribution in [0.5, 0.6) is 0 Å². The Morgan fingerprint density at radius 3 is 2.82 bits per heavy atom. The highest BCUT2D eigenvalue weighted by Gasteiger charge is 2.16. The molecule has 0 bridgehead atoms. The van der Waals surface area contributed by atoms with Gasteiger partial charge in [-0.2, -0.15) is 0 Å². The second-order valence-electron chi connectivity index (χ2n) is 5.81. The molecule has 0 aliphatic heterocycles. The summed E-state index contributed by atoms with van der Waals surface area (Å²) in [5.41, 5.74) is 0.900. The molecule has 0 atom stereocenters. The van der Waals surface area contributed by atoms with E-state index in [9.17, 15) is 4.79 Å². The lowest BCUT2D eigenvalue weighted by Gasteiger charge is -2.06. The molecule has 4 heterocycles. The van der Waals surface area contributed by atoms with Crippen LogP contribution in [0.15, 0.2) is 40.2 Å². The number of aryl methyl sites for hydroxylation is 1. The normalized spacial score (nSPS) is 11.1. The van der Waals surface area contributed by atoms with Crippen molar-refractivity contribution in [2.75, 3.05) is 11.1 Å². The Balaban J connectivity index is 1.38. The predicted molar refractivity (Wildman–Crippen MR) is 119 cm³/mol. The van der Waals surface area contributed by atoms with Crippen molar-refractivity contribution >= 4 is 56.8 Å². The van der Waals surface area contributed by atoms with Crippen LogP contribution in [0.4, 0.5) is 5.13 Å². The van der Waals surface area contributed by atoms with Crippen molar-refractivity contribution < 1.29 is 4.79 Å². The van der Waals surface area contributed by atoms with Gasteiger partial charge in [0.05, 0.1) is 21.2 Å². The number of hydrogen-bond donors (Lipinski definition) is 1. The van der Waals surface area contributed by atoms with Crippen LogP contribution < -0.4 is 5.32 Å². The zero-order valence-corrected chi connectivity index (χ0v) is 18.5. The SMILES string of the molecule is CCn1c(SCC(=O)Nc2nc(-c3ccc(C)s3)cs2)nnc1-c1cccs1. The molecule has 1 N–H and O–H groups in total. The number of anilines is 1. The summed E-state index contributed by atoms with van der Waals surface area (Å²) in [7, 11) is 0. The van der Waals surface area contributed by atoms with Crippen molar-refractivity contribution in [3.05, 3.63) is 39.9 Å². The molecule has 6 nitrogen and oxygen atoms in total. The van der Waals surface area contributed by atoms with Crippen molar-refractivity contribution in [1.29, 1.82) is 0 Å². The minimum absolute atomic E-state index is 0.100. The molecule has 0 aliphatic rings. The Kier molecular flexibility index (Phi) is 5.90. The number of thiophene rings is 2. The fraction of sp³-hybridized carbons (Fsp3) is 0.222. The molecular weight excluding hydrogens is 431 g/mol. The van der Waals surface area contributed by atoms with E-state index in [1.807, 2.05) is 34.4 Å². The van der Waals surface area contributed by atoms with Crippen LogP contribution in [0.2, 0.25) is 0 Å². The lowest BCUT2D eigenvalue weighted by molar-refractivity contribution is -0.113. The van der Waals surface area contributed by atoms with Crippen molar-refractivity contribution in [3.8, 4) is 21.3 Å². The molecule has 1 amide bonds. The Morgan fingerprint density at radius 2 is 2.11 bits per heavy atom. The summed E-state index contributed by atoms with van der Waals surface area (Å²) in [6.07, 6.45) is 0. The highest BCUT2D eigenvalue weighted by Crippen LogP contribution is 2.31. The Labute approximate surface area is 178 Å². The van der Waals surface area contributed by atoms with Gasteiger partial charge in [0.25, 0.3) is 0 Å². The van der Waals surface area contributed by atoms with Crippen molar-refractivity contribution in [3.63, 3.8) is 0 Å². The van der Waals surface area contributed by atoms with Crippen LogP contribution in [0.3, 0.4) is 0 Å². The smallest absolute Gasteiger partial charge is 0.236 e. The Bertz CT molecular complexity index is 1080. The summed E-state index contributed by atoms with van der Waals surface area (Å²) in [5, 5.41) is 16.8. The van der Waals surface area contributed by atoms with Crippen LogP contribution in [0, 0.1) is 6.92 Å². The number of thioether (sulfide) groups is 1. The van der Waals surface area contributed by atoms with Gasteiger partial charge in [-0.25, -0.2) is 4.98 Å². The zero-order chi connectivity index (χ0) is 19.5. The Morgan fingerprint density at radius 1 is 1.21 bits per heavy atom. The number of amides is 1. The van der Waals surface area contributed by atoms with E-state index in [2.05, 4.69) is 39.6 Å². The number of thiazole rings is 1. The maximum absolute atomic E-state index is 12.4. The van der Waals surface area contributed by atoms with Gasteiger partial charge in [0, 0.05) is 16.8 Å². The summed E-state index contributed by atoms with van der Waals surface area (Å²) < 4.78 is 2.03. The number of carbonyl (C=O) groups excluding carboxylic acids is 1. The second-order valence-corrected chi connectivity index (χ2v) is 9.85.